The van der Waals surface area contributed by atoms with Crippen LogP contribution in [0.3, 0.4) is 0 Å². The van der Waals surface area contributed by atoms with Crippen LogP contribution in [0.1, 0.15) is 21.3 Å². The van der Waals surface area contributed by atoms with Crippen LogP contribution in [-0.4, -0.2) is 27.3 Å². The first-order valence-corrected chi connectivity index (χ1v) is 8.80. The normalized spacial score (nSPS) is 12.6. The summed E-state index contributed by atoms with van der Waals surface area (Å²) in [5.74, 6) is -1.99. The fraction of sp³-hybridized carbons (Fsp3) is 0.143. The summed E-state index contributed by atoms with van der Waals surface area (Å²) in [5, 5.41) is 14.9. The van der Waals surface area contributed by atoms with Crippen molar-refractivity contribution in [2.24, 2.45) is 0 Å². The average Bonchev–Trinajstić information content (AvgIpc) is 3.03. The van der Waals surface area contributed by atoms with Crippen molar-refractivity contribution in [2.45, 2.75) is 10.9 Å². The maximum Gasteiger partial charge on any atom is 0.261 e. The summed E-state index contributed by atoms with van der Waals surface area (Å²) in [6.45, 7) is 0. The number of hydrogen-bond acceptors (Lipinski definition) is 6. The van der Waals surface area contributed by atoms with Crippen molar-refractivity contribution in [1.29, 1.82) is 0 Å². The minimum Gasteiger partial charge on any atom is -0.548 e. The number of hydrogen-bond donors (Lipinski definition) is 2. The number of thiophene rings is 1. The van der Waals surface area contributed by atoms with E-state index in [2.05, 4.69) is 10.0 Å². The predicted molar refractivity (Wildman–Crippen MR) is 82.2 cm³/mol. The van der Waals surface area contributed by atoms with Crippen molar-refractivity contribution in [3.05, 3.63) is 52.2 Å². The van der Waals surface area contributed by atoms with E-state index in [0.717, 1.165) is 11.3 Å². The second-order valence-electron chi connectivity index (χ2n) is 4.51. The van der Waals surface area contributed by atoms with E-state index in [9.17, 15) is 23.1 Å². The monoisotopic (exact) mass is 353 g/mol. The molecule has 0 aliphatic rings. The van der Waals surface area contributed by atoms with Gasteiger partial charge in [-0.25, -0.2) is 8.42 Å². The summed E-state index contributed by atoms with van der Waals surface area (Å²) in [5.41, 5.74) is 0.248. The van der Waals surface area contributed by atoms with E-state index < -0.39 is 27.9 Å². The van der Waals surface area contributed by atoms with Gasteiger partial charge in [0.05, 0.1) is 21.8 Å². The number of carboxylic acids is 1. The van der Waals surface area contributed by atoms with Gasteiger partial charge < -0.3 is 15.2 Å². The third kappa shape index (κ3) is 3.95. The van der Waals surface area contributed by atoms with Crippen molar-refractivity contribution in [1.82, 2.24) is 10.0 Å². The van der Waals surface area contributed by atoms with E-state index >= 15 is 0 Å². The Labute approximate surface area is 137 Å². The zero-order chi connectivity index (χ0) is 17.0. The molecule has 0 fully saturated rings. The standard InChI is InChI=1S/C14H14N2O5S2/c1-15-13(17)11-7-10(8-22-11)23(20,21)16-12(14(18)19)9-5-3-2-4-6-9/h2-8,12,16H,1H3,(H,15,17)(H,18,19)/p-1/t12-/m1/s1. The van der Waals surface area contributed by atoms with Gasteiger partial charge in [0.1, 0.15) is 0 Å². The lowest BCUT2D eigenvalue weighted by atomic mass is 10.1. The van der Waals surface area contributed by atoms with Crippen molar-refractivity contribution < 1.29 is 23.1 Å². The van der Waals surface area contributed by atoms with Crippen molar-refractivity contribution >= 4 is 33.2 Å². The number of aliphatic carboxylic acids is 1. The third-order valence-corrected chi connectivity index (χ3v) is 5.46. The molecule has 0 saturated heterocycles. The number of carboxylic acid groups (broad SMARTS) is 1. The zero-order valence-electron chi connectivity index (χ0n) is 12.0. The van der Waals surface area contributed by atoms with Crippen LogP contribution in [0.2, 0.25) is 0 Å². The van der Waals surface area contributed by atoms with Gasteiger partial charge in [0.25, 0.3) is 5.91 Å². The van der Waals surface area contributed by atoms with E-state index in [1.807, 2.05) is 0 Å². The second kappa shape index (κ2) is 6.90. The van der Waals surface area contributed by atoms with Gasteiger partial charge in [0, 0.05) is 12.4 Å². The predicted octanol–water partition coefficient (Wildman–Crippen LogP) is -0.123. The third-order valence-electron chi connectivity index (χ3n) is 2.98. The molecule has 0 aliphatic carbocycles. The summed E-state index contributed by atoms with van der Waals surface area (Å²) in [7, 11) is -2.69. The molecule has 0 saturated carbocycles. The Bertz CT molecular complexity index is 815. The molecule has 0 spiro atoms. The Kier molecular flexibility index (Phi) is 5.14. The first-order chi connectivity index (χ1) is 10.8. The molecule has 0 unspecified atom stereocenters. The SMILES string of the molecule is CNC(=O)c1cc(S(=O)(=O)N[C@@H](C(=O)[O-])c2ccccc2)cs1. The molecule has 0 radical (unpaired) electrons. The Balaban J connectivity index is 2.30. The summed E-state index contributed by atoms with van der Waals surface area (Å²) in [6.07, 6.45) is 0. The molecule has 1 amide bonds. The molecule has 2 aromatic rings. The summed E-state index contributed by atoms with van der Waals surface area (Å²) >= 11 is 0.946. The molecule has 2 rings (SSSR count). The Morgan fingerprint density at radius 2 is 1.87 bits per heavy atom. The van der Waals surface area contributed by atoms with Crippen LogP contribution in [0.15, 0.2) is 46.7 Å². The lowest BCUT2D eigenvalue weighted by Gasteiger charge is -2.19. The van der Waals surface area contributed by atoms with Gasteiger partial charge in [-0.05, 0) is 11.6 Å². The molecule has 0 bridgehead atoms. The molecule has 1 aromatic carbocycles. The van der Waals surface area contributed by atoms with E-state index in [0.29, 0.717) is 0 Å². The molecule has 122 valence electrons. The lowest BCUT2D eigenvalue weighted by molar-refractivity contribution is -0.308. The first kappa shape index (κ1) is 17.1. The lowest BCUT2D eigenvalue weighted by Crippen LogP contribution is -2.41. The van der Waals surface area contributed by atoms with Crippen LogP contribution in [-0.2, 0) is 14.8 Å². The van der Waals surface area contributed by atoms with Crippen LogP contribution >= 0.6 is 11.3 Å². The summed E-state index contributed by atoms with van der Waals surface area (Å²) in [6, 6.07) is 7.48. The summed E-state index contributed by atoms with van der Waals surface area (Å²) in [4.78, 5) is 22.8. The van der Waals surface area contributed by atoms with Crippen molar-refractivity contribution in [3.63, 3.8) is 0 Å². The van der Waals surface area contributed by atoms with Gasteiger partial charge >= 0.3 is 0 Å². The molecule has 23 heavy (non-hydrogen) atoms. The number of amides is 1. The number of carbonyl (C=O) groups excluding carboxylic acids is 2. The van der Waals surface area contributed by atoms with Crippen LogP contribution in [0.4, 0.5) is 0 Å². The molecule has 1 aromatic heterocycles. The Morgan fingerprint density at radius 1 is 1.22 bits per heavy atom. The number of carbonyl (C=O) groups is 2. The smallest absolute Gasteiger partial charge is 0.261 e. The zero-order valence-corrected chi connectivity index (χ0v) is 13.6. The van der Waals surface area contributed by atoms with Crippen molar-refractivity contribution in [2.75, 3.05) is 7.05 Å². The highest BCUT2D eigenvalue weighted by Gasteiger charge is 2.24. The van der Waals surface area contributed by atoms with Crippen LogP contribution in [0.5, 0.6) is 0 Å². The van der Waals surface area contributed by atoms with E-state index in [1.165, 1.54) is 30.6 Å². The quantitative estimate of drug-likeness (QED) is 0.751. The van der Waals surface area contributed by atoms with Crippen molar-refractivity contribution in [3.8, 4) is 0 Å². The molecule has 9 heteroatoms. The second-order valence-corrected chi connectivity index (χ2v) is 7.14. The molecule has 2 N–H and O–H groups in total. The Hall–Kier alpha value is -2.23. The molecule has 7 nitrogen and oxygen atoms in total. The van der Waals surface area contributed by atoms with Crippen LogP contribution < -0.4 is 15.1 Å². The maximum atomic E-state index is 12.3. The van der Waals surface area contributed by atoms with E-state index in [-0.39, 0.29) is 15.3 Å². The molecule has 1 heterocycles. The maximum absolute atomic E-state index is 12.3. The number of rotatable bonds is 6. The van der Waals surface area contributed by atoms with Crippen LogP contribution in [0, 0.1) is 0 Å². The largest absolute Gasteiger partial charge is 0.548 e. The highest BCUT2D eigenvalue weighted by molar-refractivity contribution is 7.89. The highest BCUT2D eigenvalue weighted by Crippen LogP contribution is 2.22. The topological polar surface area (TPSA) is 115 Å². The van der Waals surface area contributed by atoms with Gasteiger partial charge in [0.2, 0.25) is 10.0 Å². The first-order valence-electron chi connectivity index (χ1n) is 6.44. The van der Waals surface area contributed by atoms with E-state index in [4.69, 9.17) is 0 Å². The highest BCUT2D eigenvalue weighted by atomic mass is 32.2. The van der Waals surface area contributed by atoms with Gasteiger partial charge in [0.15, 0.2) is 0 Å². The van der Waals surface area contributed by atoms with Gasteiger partial charge in [-0.2, -0.15) is 4.72 Å². The van der Waals surface area contributed by atoms with Gasteiger partial charge in [-0.3, -0.25) is 4.79 Å². The van der Waals surface area contributed by atoms with Crippen LogP contribution in [0.25, 0.3) is 0 Å². The minimum atomic E-state index is -4.11. The van der Waals surface area contributed by atoms with Gasteiger partial charge in [-0.15, -0.1) is 11.3 Å². The molecular formula is C14H13N2O5S2-. The fourth-order valence-electron chi connectivity index (χ4n) is 1.82. The fourth-order valence-corrected chi connectivity index (χ4v) is 4.22. The van der Waals surface area contributed by atoms with E-state index in [1.54, 1.807) is 18.2 Å². The average molecular weight is 353 g/mol. The number of benzene rings is 1. The molecular weight excluding hydrogens is 340 g/mol. The number of nitrogens with one attached hydrogen (secondary N) is 2. The molecule has 0 aliphatic heterocycles. The molecule has 1 atom stereocenters. The Morgan fingerprint density at radius 3 is 2.43 bits per heavy atom. The summed E-state index contributed by atoms with van der Waals surface area (Å²) < 4.78 is 26.7. The van der Waals surface area contributed by atoms with Gasteiger partial charge in [-0.1, -0.05) is 30.3 Å². The minimum absolute atomic E-state index is 0.178. The number of sulfonamides is 1.